The van der Waals surface area contributed by atoms with Gasteiger partial charge in [-0.05, 0) is 23.8 Å². The lowest BCUT2D eigenvalue weighted by atomic mass is 10.3. The van der Waals surface area contributed by atoms with E-state index in [2.05, 4.69) is 9.97 Å². The van der Waals surface area contributed by atoms with Crippen LogP contribution in [0.25, 0.3) is 0 Å². The minimum Gasteiger partial charge on any atom is -0.383 e. The highest BCUT2D eigenvalue weighted by Gasteiger charge is 2.24. The van der Waals surface area contributed by atoms with Crippen LogP contribution in [0, 0.1) is 0 Å². The summed E-state index contributed by atoms with van der Waals surface area (Å²) in [6.45, 7) is 0.735. The first-order valence-corrected chi connectivity index (χ1v) is 8.35. The second-order valence-electron chi connectivity index (χ2n) is 4.51. The highest BCUT2D eigenvalue weighted by molar-refractivity contribution is 7.89. The van der Waals surface area contributed by atoms with Crippen LogP contribution in [0.5, 0.6) is 0 Å². The number of sulfonamides is 1. The van der Waals surface area contributed by atoms with E-state index >= 15 is 0 Å². The number of nitrogens with zero attached hydrogens (tertiary/aromatic N) is 3. The van der Waals surface area contributed by atoms with E-state index in [1.54, 1.807) is 18.5 Å². The summed E-state index contributed by atoms with van der Waals surface area (Å²) >= 11 is 5.71. The zero-order valence-electron chi connectivity index (χ0n) is 12.0. The van der Waals surface area contributed by atoms with Gasteiger partial charge in [0.15, 0.2) is 0 Å². The lowest BCUT2D eigenvalue weighted by molar-refractivity contribution is 0.177. The van der Waals surface area contributed by atoms with Gasteiger partial charge in [-0.1, -0.05) is 17.7 Å². The average molecular weight is 342 g/mol. The first-order chi connectivity index (χ1) is 10.5. The highest BCUT2D eigenvalue weighted by Crippen LogP contribution is 2.18. The summed E-state index contributed by atoms with van der Waals surface area (Å²) in [6, 6.07) is 6.48. The quantitative estimate of drug-likeness (QED) is 0.720. The minimum absolute atomic E-state index is 0.0943. The first kappa shape index (κ1) is 16.8. The Morgan fingerprint density at radius 1 is 1.27 bits per heavy atom. The standard InChI is InChI=1S/C14H16ClN3O3S/c1-21-8-7-18(11-12-3-2-6-16-9-12)22(19,20)13-4-5-14(15)17-10-13/h2-6,9-10H,7-8,11H2,1H3. The third-order valence-corrected chi connectivity index (χ3v) is 5.02. The maximum atomic E-state index is 12.7. The van der Waals surface area contributed by atoms with Crippen LogP contribution in [-0.4, -0.2) is 43.0 Å². The predicted octanol–water partition coefficient (Wildman–Crippen LogP) is 1.97. The molecule has 6 nitrogen and oxygen atoms in total. The molecule has 2 heterocycles. The van der Waals surface area contributed by atoms with Crippen molar-refractivity contribution in [1.29, 1.82) is 0 Å². The number of methoxy groups -OCH3 is 1. The van der Waals surface area contributed by atoms with Crippen molar-refractivity contribution in [3.8, 4) is 0 Å². The maximum Gasteiger partial charge on any atom is 0.244 e. The molecule has 8 heteroatoms. The smallest absolute Gasteiger partial charge is 0.244 e. The zero-order valence-corrected chi connectivity index (χ0v) is 13.6. The number of hydrogen-bond donors (Lipinski definition) is 0. The molecule has 0 unspecified atom stereocenters. The molecule has 0 saturated carbocycles. The Morgan fingerprint density at radius 3 is 2.68 bits per heavy atom. The number of rotatable bonds is 7. The van der Waals surface area contributed by atoms with Gasteiger partial charge in [0.25, 0.3) is 0 Å². The number of aromatic nitrogens is 2. The molecule has 0 aromatic carbocycles. The first-order valence-electron chi connectivity index (χ1n) is 6.53. The molecule has 0 bridgehead atoms. The summed E-state index contributed by atoms with van der Waals surface area (Å²) in [5, 5.41) is 0.245. The van der Waals surface area contributed by atoms with Crippen molar-refractivity contribution in [1.82, 2.24) is 14.3 Å². The molecular formula is C14H16ClN3O3S. The zero-order chi connectivity index (χ0) is 16.0. The second-order valence-corrected chi connectivity index (χ2v) is 6.83. The van der Waals surface area contributed by atoms with E-state index in [4.69, 9.17) is 16.3 Å². The fraction of sp³-hybridized carbons (Fsp3) is 0.286. The van der Waals surface area contributed by atoms with E-state index in [9.17, 15) is 8.42 Å². The molecule has 2 aromatic heterocycles. The molecule has 0 saturated heterocycles. The molecule has 0 fully saturated rings. The van der Waals surface area contributed by atoms with Crippen LogP contribution in [0.1, 0.15) is 5.56 Å². The summed E-state index contributed by atoms with van der Waals surface area (Å²) in [7, 11) is -2.16. The number of pyridine rings is 2. The third kappa shape index (κ3) is 4.23. The fourth-order valence-corrected chi connectivity index (χ4v) is 3.31. The van der Waals surface area contributed by atoms with Gasteiger partial charge < -0.3 is 4.74 Å². The van der Waals surface area contributed by atoms with E-state index in [0.29, 0.717) is 6.61 Å². The van der Waals surface area contributed by atoms with Crippen LogP contribution in [-0.2, 0) is 21.3 Å². The van der Waals surface area contributed by atoms with E-state index in [0.717, 1.165) is 5.56 Å². The van der Waals surface area contributed by atoms with Gasteiger partial charge in [-0.15, -0.1) is 0 Å². The summed E-state index contributed by atoms with van der Waals surface area (Å²) in [5.41, 5.74) is 0.795. The summed E-state index contributed by atoms with van der Waals surface area (Å²) in [5.74, 6) is 0. The van der Waals surface area contributed by atoms with E-state index < -0.39 is 10.0 Å². The topological polar surface area (TPSA) is 72.4 Å². The van der Waals surface area contributed by atoms with Crippen LogP contribution >= 0.6 is 11.6 Å². The van der Waals surface area contributed by atoms with E-state index in [1.807, 2.05) is 6.07 Å². The number of halogens is 1. The molecule has 22 heavy (non-hydrogen) atoms. The van der Waals surface area contributed by atoms with Crippen molar-refractivity contribution in [3.05, 3.63) is 53.6 Å². The van der Waals surface area contributed by atoms with E-state index in [-0.39, 0.29) is 23.1 Å². The molecule has 0 atom stereocenters. The largest absolute Gasteiger partial charge is 0.383 e. The van der Waals surface area contributed by atoms with Gasteiger partial charge in [-0.25, -0.2) is 13.4 Å². The van der Waals surface area contributed by atoms with Gasteiger partial charge in [-0.2, -0.15) is 4.31 Å². The molecule has 2 aromatic rings. The summed E-state index contributed by atoms with van der Waals surface area (Å²) in [4.78, 5) is 7.93. The molecular weight excluding hydrogens is 326 g/mol. The maximum absolute atomic E-state index is 12.7. The van der Waals surface area contributed by atoms with Crippen LogP contribution in [0.4, 0.5) is 0 Å². The molecule has 0 aliphatic carbocycles. The number of ether oxygens (including phenoxy) is 1. The Morgan fingerprint density at radius 2 is 2.09 bits per heavy atom. The molecule has 0 amide bonds. The predicted molar refractivity (Wildman–Crippen MR) is 83.0 cm³/mol. The molecule has 0 radical (unpaired) electrons. The Kier molecular flexibility index (Phi) is 5.84. The molecule has 118 valence electrons. The average Bonchev–Trinajstić information content (AvgIpc) is 2.52. The van der Waals surface area contributed by atoms with Crippen LogP contribution in [0.3, 0.4) is 0 Å². The van der Waals surface area contributed by atoms with Crippen molar-refractivity contribution >= 4 is 21.6 Å². The van der Waals surface area contributed by atoms with Gasteiger partial charge in [0.1, 0.15) is 10.0 Å². The minimum atomic E-state index is -3.68. The Balaban J connectivity index is 2.28. The lowest BCUT2D eigenvalue weighted by Crippen LogP contribution is -2.33. The van der Waals surface area contributed by atoms with Crippen LogP contribution in [0.15, 0.2) is 47.8 Å². The van der Waals surface area contributed by atoms with Gasteiger partial charge in [0, 0.05) is 38.8 Å². The van der Waals surface area contributed by atoms with Crippen LogP contribution < -0.4 is 0 Å². The summed E-state index contributed by atoms with van der Waals surface area (Å²) in [6.07, 6.45) is 4.52. The van der Waals surface area contributed by atoms with Gasteiger partial charge in [-0.3, -0.25) is 4.98 Å². The molecule has 0 spiro atoms. The SMILES string of the molecule is COCCN(Cc1cccnc1)S(=O)(=O)c1ccc(Cl)nc1. The van der Waals surface area contributed by atoms with Gasteiger partial charge in [0.2, 0.25) is 10.0 Å². The molecule has 0 N–H and O–H groups in total. The van der Waals surface area contributed by atoms with Crippen molar-refractivity contribution in [2.24, 2.45) is 0 Å². The molecule has 0 aliphatic heterocycles. The van der Waals surface area contributed by atoms with Crippen molar-refractivity contribution in [2.45, 2.75) is 11.4 Å². The second kappa shape index (κ2) is 7.64. The Hall–Kier alpha value is -1.54. The monoisotopic (exact) mass is 341 g/mol. The number of hydrogen-bond acceptors (Lipinski definition) is 5. The van der Waals surface area contributed by atoms with Crippen molar-refractivity contribution < 1.29 is 13.2 Å². The Labute approximate surface area is 134 Å². The van der Waals surface area contributed by atoms with Gasteiger partial charge in [0.05, 0.1) is 6.61 Å². The molecule has 0 aliphatic rings. The van der Waals surface area contributed by atoms with E-state index in [1.165, 1.54) is 29.7 Å². The van der Waals surface area contributed by atoms with Crippen molar-refractivity contribution in [3.63, 3.8) is 0 Å². The molecule has 2 rings (SSSR count). The fourth-order valence-electron chi connectivity index (χ4n) is 1.84. The normalized spacial score (nSPS) is 11.8. The highest BCUT2D eigenvalue weighted by atomic mass is 35.5. The van der Waals surface area contributed by atoms with Gasteiger partial charge >= 0.3 is 0 Å². The van der Waals surface area contributed by atoms with Crippen LogP contribution in [0.2, 0.25) is 5.15 Å². The third-order valence-electron chi connectivity index (χ3n) is 2.96. The lowest BCUT2D eigenvalue weighted by Gasteiger charge is -2.21. The summed E-state index contributed by atoms with van der Waals surface area (Å²) < 4.78 is 31.8. The Bertz CT molecular complexity index is 693. The van der Waals surface area contributed by atoms with Crippen molar-refractivity contribution in [2.75, 3.05) is 20.3 Å².